The molecule has 0 unspecified atom stereocenters. The molecule has 0 radical (unpaired) electrons. The molecule has 3 heterocycles. The minimum atomic E-state index is 0.502. The highest BCUT2D eigenvalue weighted by Crippen LogP contribution is 2.21. The van der Waals surface area contributed by atoms with E-state index in [-0.39, 0.29) is 0 Å². The van der Waals surface area contributed by atoms with Gasteiger partial charge < -0.3 is 0 Å². The Balaban J connectivity index is 1.45. The monoisotopic (exact) mass is 336 g/mol. The van der Waals surface area contributed by atoms with Gasteiger partial charge in [0, 0.05) is 18.8 Å². The zero-order valence-corrected chi connectivity index (χ0v) is 14.8. The third kappa shape index (κ3) is 3.49. The summed E-state index contributed by atoms with van der Waals surface area (Å²) < 4.78 is 3.99. The number of hydrogen-bond donors (Lipinski definition) is 0. The van der Waals surface area contributed by atoms with E-state index >= 15 is 0 Å². The van der Waals surface area contributed by atoms with E-state index in [0.29, 0.717) is 6.04 Å². The number of aromatic nitrogens is 5. The Hall–Kier alpha value is -2.47. The second-order valence-corrected chi connectivity index (χ2v) is 6.74. The van der Waals surface area contributed by atoms with E-state index in [9.17, 15) is 0 Å². The summed E-state index contributed by atoms with van der Waals surface area (Å²) in [6.07, 6.45) is 4.48. The average molecular weight is 336 g/mol. The first-order valence-corrected chi connectivity index (χ1v) is 8.91. The lowest BCUT2D eigenvalue weighted by Crippen LogP contribution is -2.33. The summed E-state index contributed by atoms with van der Waals surface area (Å²) in [6.45, 7) is 6.89. The van der Waals surface area contributed by atoms with Gasteiger partial charge >= 0.3 is 0 Å². The molecular formula is C19H24N6. The van der Waals surface area contributed by atoms with Crippen molar-refractivity contribution >= 4 is 0 Å². The van der Waals surface area contributed by atoms with Crippen LogP contribution in [0.1, 0.15) is 30.2 Å². The Morgan fingerprint density at radius 1 is 1.08 bits per heavy atom. The zero-order chi connectivity index (χ0) is 17.2. The Labute approximate surface area is 148 Å². The highest BCUT2D eigenvalue weighted by molar-refractivity contribution is 5.30. The van der Waals surface area contributed by atoms with Crippen molar-refractivity contribution in [1.82, 2.24) is 29.4 Å². The van der Waals surface area contributed by atoms with Crippen molar-refractivity contribution in [3.05, 3.63) is 59.9 Å². The molecule has 3 aromatic rings. The molecule has 6 heteroatoms. The molecule has 1 aliphatic heterocycles. The van der Waals surface area contributed by atoms with Crippen molar-refractivity contribution in [1.29, 1.82) is 0 Å². The van der Waals surface area contributed by atoms with Gasteiger partial charge in [-0.1, -0.05) is 18.2 Å². The Kier molecular flexibility index (Phi) is 4.36. The zero-order valence-electron chi connectivity index (χ0n) is 14.8. The summed E-state index contributed by atoms with van der Waals surface area (Å²) >= 11 is 0. The molecule has 2 aromatic heterocycles. The largest absolute Gasteiger partial charge is 0.293 e. The van der Waals surface area contributed by atoms with E-state index in [4.69, 9.17) is 5.10 Å². The molecule has 1 aromatic carbocycles. The molecular weight excluding hydrogens is 312 g/mol. The highest BCUT2D eigenvalue weighted by atomic mass is 15.4. The molecule has 4 rings (SSSR count). The van der Waals surface area contributed by atoms with E-state index in [1.807, 2.05) is 47.6 Å². The van der Waals surface area contributed by atoms with Crippen LogP contribution in [0.3, 0.4) is 0 Å². The lowest BCUT2D eigenvalue weighted by molar-refractivity contribution is 0.215. The van der Waals surface area contributed by atoms with Crippen LogP contribution in [0.2, 0.25) is 0 Å². The van der Waals surface area contributed by atoms with Crippen LogP contribution in [0.4, 0.5) is 0 Å². The average Bonchev–Trinajstić information content (AvgIpc) is 3.32. The van der Waals surface area contributed by atoms with Crippen LogP contribution in [-0.2, 0) is 13.1 Å². The summed E-state index contributed by atoms with van der Waals surface area (Å²) in [5, 5.41) is 9.27. The van der Waals surface area contributed by atoms with Gasteiger partial charge in [-0.15, -0.1) is 0 Å². The topological polar surface area (TPSA) is 51.8 Å². The number of para-hydroxylation sites is 1. The molecule has 6 nitrogen and oxygen atoms in total. The maximum Gasteiger partial charge on any atom is 0.147 e. The number of benzene rings is 1. The van der Waals surface area contributed by atoms with E-state index in [0.717, 1.165) is 42.7 Å². The first kappa shape index (κ1) is 16.0. The van der Waals surface area contributed by atoms with Gasteiger partial charge in [-0.05, 0) is 51.4 Å². The van der Waals surface area contributed by atoms with Gasteiger partial charge in [0.05, 0.1) is 17.9 Å². The second-order valence-electron chi connectivity index (χ2n) is 6.74. The fraction of sp³-hybridized carbons (Fsp3) is 0.421. The molecule has 1 atom stereocenters. The van der Waals surface area contributed by atoms with Crippen molar-refractivity contribution in [2.24, 2.45) is 0 Å². The maximum atomic E-state index is 4.75. The molecule has 1 saturated heterocycles. The molecule has 0 N–H and O–H groups in total. The van der Waals surface area contributed by atoms with Crippen LogP contribution >= 0.6 is 0 Å². The Morgan fingerprint density at radius 3 is 2.68 bits per heavy atom. The normalized spacial score (nSPS) is 18.1. The predicted octanol–water partition coefficient (Wildman–Crippen LogP) is 2.75. The molecule has 1 aliphatic rings. The number of nitrogens with zero attached hydrogens (tertiary/aromatic N) is 6. The third-order valence-corrected chi connectivity index (χ3v) is 4.88. The fourth-order valence-electron chi connectivity index (χ4n) is 3.62. The van der Waals surface area contributed by atoms with Gasteiger partial charge in [-0.2, -0.15) is 10.2 Å². The third-order valence-electron chi connectivity index (χ3n) is 4.88. The number of hydrogen-bond acceptors (Lipinski definition) is 4. The van der Waals surface area contributed by atoms with Crippen molar-refractivity contribution in [2.75, 3.05) is 6.54 Å². The summed E-state index contributed by atoms with van der Waals surface area (Å²) in [5.41, 5.74) is 2.21. The highest BCUT2D eigenvalue weighted by Gasteiger charge is 2.26. The predicted molar refractivity (Wildman–Crippen MR) is 96.5 cm³/mol. The number of likely N-dealkylation sites (tertiary alicyclic amines) is 1. The van der Waals surface area contributed by atoms with E-state index in [1.165, 1.54) is 12.8 Å². The van der Waals surface area contributed by atoms with Gasteiger partial charge in [0.15, 0.2) is 0 Å². The summed E-state index contributed by atoms with van der Waals surface area (Å²) in [5.74, 6) is 1.85. The molecule has 130 valence electrons. The number of rotatable bonds is 5. The van der Waals surface area contributed by atoms with Gasteiger partial charge in [0.2, 0.25) is 0 Å². The first-order valence-electron chi connectivity index (χ1n) is 8.91. The molecule has 0 amide bonds. The molecule has 25 heavy (non-hydrogen) atoms. The van der Waals surface area contributed by atoms with Crippen LogP contribution in [0, 0.1) is 13.8 Å². The lowest BCUT2D eigenvalue weighted by Gasteiger charge is -2.23. The fourth-order valence-corrected chi connectivity index (χ4v) is 3.62. The minimum absolute atomic E-state index is 0.502. The Morgan fingerprint density at radius 2 is 1.92 bits per heavy atom. The molecule has 0 saturated carbocycles. The smallest absolute Gasteiger partial charge is 0.147 e. The number of aryl methyl sites for hydroxylation is 2. The van der Waals surface area contributed by atoms with Crippen LogP contribution in [0.15, 0.2) is 42.6 Å². The summed E-state index contributed by atoms with van der Waals surface area (Å²) in [6, 6.07) is 12.9. The molecule has 0 spiro atoms. The molecule has 0 aliphatic carbocycles. The molecule has 0 bridgehead atoms. The maximum absolute atomic E-state index is 4.75. The van der Waals surface area contributed by atoms with Crippen molar-refractivity contribution < 1.29 is 0 Å². The standard InChI is InChI=1S/C19H24N6/c1-15-20-16(2)25(21-15)14-19-9-6-11-23(19)13-17-10-12-24(22-17)18-7-4-3-5-8-18/h3-5,7-8,10,12,19H,6,9,11,13-14H2,1-2H3/t19-/m1/s1. The van der Waals surface area contributed by atoms with E-state index < -0.39 is 0 Å². The van der Waals surface area contributed by atoms with Crippen LogP contribution in [0.5, 0.6) is 0 Å². The van der Waals surface area contributed by atoms with Crippen molar-refractivity contribution in [2.45, 2.75) is 45.8 Å². The SMILES string of the molecule is Cc1nc(C)n(C[C@H]2CCCN2Cc2ccn(-c3ccccc3)n2)n1. The van der Waals surface area contributed by atoms with Gasteiger partial charge in [0.25, 0.3) is 0 Å². The summed E-state index contributed by atoms with van der Waals surface area (Å²) in [4.78, 5) is 6.94. The quantitative estimate of drug-likeness (QED) is 0.719. The van der Waals surface area contributed by atoms with Gasteiger partial charge in [-0.3, -0.25) is 4.90 Å². The summed E-state index contributed by atoms with van der Waals surface area (Å²) in [7, 11) is 0. The van der Waals surface area contributed by atoms with E-state index in [1.54, 1.807) is 0 Å². The first-order chi connectivity index (χ1) is 12.2. The Bertz CT molecular complexity index is 835. The van der Waals surface area contributed by atoms with Gasteiger partial charge in [-0.25, -0.2) is 14.3 Å². The van der Waals surface area contributed by atoms with Crippen molar-refractivity contribution in [3.63, 3.8) is 0 Å². The van der Waals surface area contributed by atoms with Crippen molar-refractivity contribution in [3.8, 4) is 5.69 Å². The lowest BCUT2D eigenvalue weighted by atomic mass is 10.2. The van der Waals surface area contributed by atoms with Crippen LogP contribution in [0.25, 0.3) is 5.69 Å². The van der Waals surface area contributed by atoms with Crippen LogP contribution in [-0.4, -0.2) is 42.0 Å². The molecule has 1 fully saturated rings. The minimum Gasteiger partial charge on any atom is -0.293 e. The van der Waals surface area contributed by atoms with Crippen LogP contribution < -0.4 is 0 Å². The van der Waals surface area contributed by atoms with Gasteiger partial charge in [0.1, 0.15) is 11.6 Å². The van der Waals surface area contributed by atoms with E-state index in [2.05, 4.69) is 33.2 Å². The second kappa shape index (κ2) is 6.80.